The fraction of sp³-hybridized carbons (Fsp3) is 0.364. The van der Waals surface area contributed by atoms with E-state index in [2.05, 4.69) is 15.9 Å². The number of hydrogen-bond donors (Lipinski definition) is 0. The van der Waals surface area contributed by atoms with E-state index in [0.29, 0.717) is 5.33 Å². The number of carbonyl (C=O) groups is 1. The van der Waals surface area contributed by atoms with E-state index in [1.807, 2.05) is 0 Å². The van der Waals surface area contributed by atoms with Gasteiger partial charge in [0.1, 0.15) is 0 Å². The number of carbonyl (C=O) groups excluding carboxylic acids is 1. The number of alkyl halides is 5. The van der Waals surface area contributed by atoms with Gasteiger partial charge in [0.2, 0.25) is 0 Å². The van der Waals surface area contributed by atoms with E-state index in [1.54, 1.807) is 0 Å². The average Bonchev–Trinajstić information content (AvgIpc) is 2.27. The molecule has 0 aliphatic carbocycles. The minimum Gasteiger partial charge on any atom is -0.294 e. The molecule has 94 valence electrons. The highest BCUT2D eigenvalue weighted by molar-refractivity contribution is 9.09. The zero-order valence-electron chi connectivity index (χ0n) is 8.65. The van der Waals surface area contributed by atoms with E-state index in [1.165, 1.54) is 18.2 Å². The van der Waals surface area contributed by atoms with Gasteiger partial charge in [0.25, 0.3) is 0 Å². The zero-order chi connectivity index (χ0) is 13.1. The molecule has 0 fully saturated rings. The molecule has 6 heteroatoms. The summed E-state index contributed by atoms with van der Waals surface area (Å²) in [7, 11) is 0. The summed E-state index contributed by atoms with van der Waals surface area (Å²) in [6, 6.07) is 3.87. The Morgan fingerprint density at radius 1 is 1.35 bits per heavy atom. The van der Waals surface area contributed by atoms with Gasteiger partial charge < -0.3 is 0 Å². The van der Waals surface area contributed by atoms with Gasteiger partial charge in [-0.1, -0.05) is 34.1 Å². The maximum Gasteiger partial charge on any atom is 0.417 e. The van der Waals surface area contributed by atoms with Crippen molar-refractivity contribution in [2.75, 3.05) is 5.33 Å². The maximum absolute atomic E-state index is 12.9. The second kappa shape index (κ2) is 5.87. The number of halogens is 5. The Bertz CT molecular complexity index is 418. The smallest absolute Gasteiger partial charge is 0.294 e. The van der Waals surface area contributed by atoms with Crippen molar-refractivity contribution in [3.8, 4) is 0 Å². The molecule has 1 aromatic carbocycles. The van der Waals surface area contributed by atoms with Crippen LogP contribution in [0.4, 0.5) is 13.2 Å². The van der Waals surface area contributed by atoms with E-state index >= 15 is 0 Å². The molecule has 0 spiro atoms. The molecule has 0 saturated carbocycles. The minimum atomic E-state index is -4.57. The Hall–Kier alpha value is -0.550. The molecule has 0 saturated heterocycles. The first kappa shape index (κ1) is 14.5. The van der Waals surface area contributed by atoms with Crippen LogP contribution >= 0.6 is 27.5 Å². The molecular weight excluding hydrogens is 320 g/mol. The van der Waals surface area contributed by atoms with Crippen molar-refractivity contribution in [1.29, 1.82) is 0 Å². The molecule has 0 unspecified atom stereocenters. The SMILES string of the molecule is O=C(CCBr)c1cccc(CCl)c1C(F)(F)F. The van der Waals surface area contributed by atoms with Crippen LogP contribution in [-0.4, -0.2) is 11.1 Å². The topological polar surface area (TPSA) is 17.1 Å². The van der Waals surface area contributed by atoms with Crippen LogP contribution in [-0.2, 0) is 12.1 Å². The molecule has 0 heterocycles. The highest BCUT2D eigenvalue weighted by atomic mass is 79.9. The number of ketones is 1. The second-order valence-electron chi connectivity index (χ2n) is 3.33. The fourth-order valence-electron chi connectivity index (χ4n) is 1.50. The molecule has 0 amide bonds. The molecule has 1 aromatic rings. The van der Waals surface area contributed by atoms with Crippen LogP contribution in [0.3, 0.4) is 0 Å². The van der Waals surface area contributed by atoms with Crippen molar-refractivity contribution in [2.24, 2.45) is 0 Å². The Balaban J connectivity index is 3.35. The Morgan fingerprint density at radius 2 is 2.00 bits per heavy atom. The lowest BCUT2D eigenvalue weighted by Crippen LogP contribution is -2.16. The highest BCUT2D eigenvalue weighted by Crippen LogP contribution is 2.36. The van der Waals surface area contributed by atoms with E-state index < -0.39 is 17.5 Å². The van der Waals surface area contributed by atoms with Crippen LogP contribution in [0.25, 0.3) is 0 Å². The van der Waals surface area contributed by atoms with Crippen LogP contribution in [0.15, 0.2) is 18.2 Å². The van der Waals surface area contributed by atoms with Crippen LogP contribution in [0.2, 0.25) is 0 Å². The van der Waals surface area contributed by atoms with E-state index in [-0.39, 0.29) is 23.4 Å². The summed E-state index contributed by atoms with van der Waals surface area (Å²) in [5.74, 6) is -0.814. The van der Waals surface area contributed by atoms with Crippen molar-refractivity contribution in [1.82, 2.24) is 0 Å². The largest absolute Gasteiger partial charge is 0.417 e. The predicted octanol–water partition coefficient (Wildman–Crippen LogP) is 4.41. The summed E-state index contributed by atoms with van der Waals surface area (Å²) in [4.78, 5) is 11.6. The van der Waals surface area contributed by atoms with E-state index in [4.69, 9.17) is 11.6 Å². The summed E-state index contributed by atoms with van der Waals surface area (Å²) >= 11 is 8.50. The molecule has 0 radical (unpaired) electrons. The number of rotatable bonds is 4. The van der Waals surface area contributed by atoms with Gasteiger partial charge in [-0.05, 0) is 5.56 Å². The van der Waals surface area contributed by atoms with Gasteiger partial charge in [-0.3, -0.25) is 4.79 Å². The molecule has 0 N–H and O–H groups in total. The first-order valence-corrected chi connectivity index (χ1v) is 6.41. The normalized spacial score (nSPS) is 11.6. The van der Waals surface area contributed by atoms with Gasteiger partial charge in [-0.2, -0.15) is 13.2 Å². The first-order chi connectivity index (χ1) is 7.91. The van der Waals surface area contributed by atoms with Crippen LogP contribution in [0, 0.1) is 0 Å². The molecule has 0 aliphatic heterocycles. The summed E-state index contributed by atoms with van der Waals surface area (Å²) in [5.41, 5.74) is -1.30. The van der Waals surface area contributed by atoms with Gasteiger partial charge in [-0.25, -0.2) is 0 Å². The van der Waals surface area contributed by atoms with Crippen LogP contribution < -0.4 is 0 Å². The van der Waals surface area contributed by atoms with Gasteiger partial charge in [0.15, 0.2) is 5.78 Å². The van der Waals surface area contributed by atoms with Crippen molar-refractivity contribution in [3.63, 3.8) is 0 Å². The van der Waals surface area contributed by atoms with E-state index in [0.717, 1.165) is 0 Å². The van der Waals surface area contributed by atoms with Crippen molar-refractivity contribution in [2.45, 2.75) is 18.5 Å². The first-order valence-electron chi connectivity index (χ1n) is 4.76. The standard InChI is InChI=1S/C11H9BrClF3O/c12-5-4-9(17)8-3-1-2-7(6-13)10(8)11(14,15)16/h1-3H,4-6H2. The summed E-state index contributed by atoms with van der Waals surface area (Å²) < 4.78 is 38.6. The summed E-state index contributed by atoms with van der Waals surface area (Å²) in [6.45, 7) is 0. The third kappa shape index (κ3) is 3.45. The molecule has 1 rings (SSSR count). The molecule has 0 bridgehead atoms. The molecule has 1 nitrogen and oxygen atoms in total. The molecule has 0 atom stereocenters. The van der Waals surface area contributed by atoms with Gasteiger partial charge in [-0.15, -0.1) is 11.6 Å². The predicted molar refractivity (Wildman–Crippen MR) is 63.7 cm³/mol. The summed E-state index contributed by atoms with van der Waals surface area (Å²) in [5, 5.41) is 0.328. The van der Waals surface area contributed by atoms with Crippen molar-refractivity contribution in [3.05, 3.63) is 34.9 Å². The third-order valence-electron chi connectivity index (χ3n) is 2.20. The quantitative estimate of drug-likeness (QED) is 0.590. The number of Topliss-reactive ketones (excluding diaryl/α,β-unsaturated/α-hetero) is 1. The molecule has 0 aromatic heterocycles. The average molecular weight is 330 g/mol. The number of benzene rings is 1. The lowest BCUT2D eigenvalue weighted by atomic mass is 9.97. The van der Waals surface area contributed by atoms with Gasteiger partial charge >= 0.3 is 6.18 Å². The Morgan fingerprint density at radius 3 is 2.47 bits per heavy atom. The van der Waals surface area contributed by atoms with Crippen LogP contribution in [0.5, 0.6) is 0 Å². The van der Waals surface area contributed by atoms with Crippen molar-refractivity contribution >= 4 is 33.3 Å². The molecular formula is C11H9BrClF3O. The zero-order valence-corrected chi connectivity index (χ0v) is 11.0. The minimum absolute atomic E-state index is 0.0226. The van der Waals surface area contributed by atoms with Crippen LogP contribution in [0.1, 0.15) is 27.9 Å². The maximum atomic E-state index is 12.9. The molecule has 0 aliphatic rings. The lowest BCUT2D eigenvalue weighted by molar-refractivity contribution is -0.138. The molecule has 17 heavy (non-hydrogen) atoms. The second-order valence-corrected chi connectivity index (χ2v) is 4.39. The number of hydrogen-bond acceptors (Lipinski definition) is 1. The Kier molecular flexibility index (Phi) is 5.01. The van der Waals surface area contributed by atoms with E-state index in [9.17, 15) is 18.0 Å². The van der Waals surface area contributed by atoms with Gasteiger partial charge in [0, 0.05) is 23.2 Å². The van der Waals surface area contributed by atoms with Crippen molar-refractivity contribution < 1.29 is 18.0 Å². The Labute approximate surface area is 110 Å². The monoisotopic (exact) mass is 328 g/mol. The lowest BCUT2D eigenvalue weighted by Gasteiger charge is -2.15. The van der Waals surface area contributed by atoms with Gasteiger partial charge in [0.05, 0.1) is 5.56 Å². The summed E-state index contributed by atoms with van der Waals surface area (Å²) in [6.07, 6.45) is -4.54. The highest BCUT2D eigenvalue weighted by Gasteiger charge is 2.37. The fourth-order valence-corrected chi connectivity index (χ4v) is 2.08. The third-order valence-corrected chi connectivity index (χ3v) is 2.88.